The SMILES string of the molecule is CC(C)Nc1ccc(F)cc1NC(=O)C1CC1. The zero-order valence-corrected chi connectivity index (χ0v) is 10.1. The Labute approximate surface area is 100 Å². The van der Waals surface area contributed by atoms with E-state index in [1.807, 2.05) is 13.8 Å². The summed E-state index contributed by atoms with van der Waals surface area (Å²) in [5.41, 5.74) is 1.28. The van der Waals surface area contributed by atoms with Crippen LogP contribution in [0.15, 0.2) is 18.2 Å². The summed E-state index contributed by atoms with van der Waals surface area (Å²) in [5, 5.41) is 5.96. The van der Waals surface area contributed by atoms with Gasteiger partial charge < -0.3 is 10.6 Å². The maximum absolute atomic E-state index is 13.2. The molecule has 1 amide bonds. The number of nitrogens with one attached hydrogen (secondary N) is 2. The van der Waals surface area contributed by atoms with Crippen LogP contribution in [0, 0.1) is 11.7 Å². The highest BCUT2D eigenvalue weighted by Crippen LogP contribution is 2.32. The van der Waals surface area contributed by atoms with E-state index in [9.17, 15) is 9.18 Å². The number of benzene rings is 1. The molecule has 0 aliphatic heterocycles. The summed E-state index contributed by atoms with van der Waals surface area (Å²) >= 11 is 0. The molecule has 3 nitrogen and oxygen atoms in total. The number of rotatable bonds is 4. The van der Waals surface area contributed by atoms with Crippen LogP contribution in [0.25, 0.3) is 0 Å². The number of hydrogen-bond acceptors (Lipinski definition) is 2. The Morgan fingerprint density at radius 3 is 2.65 bits per heavy atom. The largest absolute Gasteiger partial charge is 0.381 e. The first-order chi connectivity index (χ1) is 8.06. The van der Waals surface area contributed by atoms with Gasteiger partial charge in [0.15, 0.2) is 0 Å². The van der Waals surface area contributed by atoms with Gasteiger partial charge in [0, 0.05) is 12.0 Å². The van der Waals surface area contributed by atoms with Gasteiger partial charge in [0.25, 0.3) is 0 Å². The minimum Gasteiger partial charge on any atom is -0.381 e. The van der Waals surface area contributed by atoms with E-state index in [4.69, 9.17) is 0 Å². The number of carbonyl (C=O) groups excluding carboxylic acids is 1. The average molecular weight is 236 g/mol. The quantitative estimate of drug-likeness (QED) is 0.843. The molecule has 1 aliphatic carbocycles. The minimum absolute atomic E-state index is 0.0117. The first kappa shape index (κ1) is 11.9. The van der Waals surface area contributed by atoms with E-state index in [2.05, 4.69) is 10.6 Å². The second kappa shape index (κ2) is 4.73. The Morgan fingerprint density at radius 1 is 1.35 bits per heavy atom. The summed E-state index contributed by atoms with van der Waals surface area (Å²) in [7, 11) is 0. The molecular weight excluding hydrogens is 219 g/mol. The van der Waals surface area contributed by atoms with Gasteiger partial charge in [-0.1, -0.05) is 0 Å². The Bertz CT molecular complexity index is 427. The third-order valence-corrected chi connectivity index (χ3v) is 2.63. The standard InChI is InChI=1S/C13H17FN2O/c1-8(2)15-11-6-5-10(14)7-12(11)16-13(17)9-3-4-9/h5-9,15H,3-4H2,1-2H3,(H,16,17). The Kier molecular flexibility index (Phi) is 3.31. The van der Waals surface area contributed by atoms with Crippen molar-refractivity contribution in [3.8, 4) is 0 Å². The van der Waals surface area contributed by atoms with Crippen LogP contribution >= 0.6 is 0 Å². The van der Waals surface area contributed by atoms with Gasteiger partial charge in [0.1, 0.15) is 5.82 Å². The Hall–Kier alpha value is -1.58. The van der Waals surface area contributed by atoms with Crippen LogP contribution in [0.3, 0.4) is 0 Å². The number of hydrogen-bond donors (Lipinski definition) is 2. The molecule has 4 heteroatoms. The minimum atomic E-state index is -0.342. The summed E-state index contributed by atoms with van der Waals surface area (Å²) < 4.78 is 13.2. The molecular formula is C13H17FN2O. The summed E-state index contributed by atoms with van der Waals surface area (Å²) in [6, 6.07) is 4.62. The average Bonchev–Trinajstić information content (AvgIpc) is 3.05. The van der Waals surface area contributed by atoms with Crippen LogP contribution in [-0.4, -0.2) is 11.9 Å². The highest BCUT2D eigenvalue weighted by molar-refractivity contribution is 5.96. The van der Waals surface area contributed by atoms with Gasteiger partial charge in [-0.15, -0.1) is 0 Å². The van der Waals surface area contributed by atoms with E-state index in [1.165, 1.54) is 12.1 Å². The van der Waals surface area contributed by atoms with Crippen molar-refractivity contribution in [2.45, 2.75) is 32.7 Å². The zero-order valence-electron chi connectivity index (χ0n) is 10.1. The van der Waals surface area contributed by atoms with Crippen LogP contribution in [-0.2, 0) is 4.79 Å². The van der Waals surface area contributed by atoms with Crippen LogP contribution in [0.1, 0.15) is 26.7 Å². The molecule has 0 saturated heterocycles. The molecule has 1 aromatic carbocycles. The molecule has 0 bridgehead atoms. The van der Waals surface area contributed by atoms with Gasteiger partial charge in [-0.3, -0.25) is 4.79 Å². The van der Waals surface area contributed by atoms with Crippen molar-refractivity contribution in [1.29, 1.82) is 0 Å². The lowest BCUT2D eigenvalue weighted by molar-refractivity contribution is -0.117. The summed E-state index contributed by atoms with van der Waals surface area (Å²) in [4.78, 5) is 11.7. The molecule has 0 heterocycles. The first-order valence-corrected chi connectivity index (χ1v) is 5.93. The number of amides is 1. The molecule has 0 aromatic heterocycles. The molecule has 0 radical (unpaired) electrons. The molecule has 0 atom stereocenters. The van der Waals surface area contributed by atoms with E-state index in [1.54, 1.807) is 6.07 Å². The van der Waals surface area contributed by atoms with Gasteiger partial charge in [0.05, 0.1) is 11.4 Å². The predicted molar refractivity (Wildman–Crippen MR) is 66.5 cm³/mol. The fourth-order valence-electron chi connectivity index (χ4n) is 1.64. The maximum Gasteiger partial charge on any atom is 0.227 e. The molecule has 1 fully saturated rings. The predicted octanol–water partition coefficient (Wildman–Crippen LogP) is 2.99. The lowest BCUT2D eigenvalue weighted by Gasteiger charge is -2.15. The van der Waals surface area contributed by atoms with E-state index in [0.29, 0.717) is 5.69 Å². The van der Waals surface area contributed by atoms with E-state index in [0.717, 1.165) is 18.5 Å². The first-order valence-electron chi connectivity index (χ1n) is 5.93. The van der Waals surface area contributed by atoms with Gasteiger partial charge in [-0.25, -0.2) is 4.39 Å². The van der Waals surface area contributed by atoms with Gasteiger partial charge in [0.2, 0.25) is 5.91 Å². The van der Waals surface area contributed by atoms with Gasteiger partial charge in [-0.2, -0.15) is 0 Å². The Morgan fingerprint density at radius 2 is 2.06 bits per heavy atom. The monoisotopic (exact) mass is 236 g/mol. The molecule has 2 N–H and O–H groups in total. The number of anilines is 2. The normalized spacial score (nSPS) is 14.8. The molecule has 0 spiro atoms. The van der Waals surface area contributed by atoms with E-state index in [-0.39, 0.29) is 23.7 Å². The molecule has 1 aliphatic rings. The van der Waals surface area contributed by atoms with Gasteiger partial charge >= 0.3 is 0 Å². The molecule has 92 valence electrons. The number of halogens is 1. The second-order valence-corrected chi connectivity index (χ2v) is 4.75. The van der Waals surface area contributed by atoms with Crippen molar-refractivity contribution in [1.82, 2.24) is 0 Å². The molecule has 17 heavy (non-hydrogen) atoms. The lowest BCUT2D eigenvalue weighted by Crippen LogP contribution is -2.17. The second-order valence-electron chi connectivity index (χ2n) is 4.75. The van der Waals surface area contributed by atoms with Crippen molar-refractivity contribution in [2.75, 3.05) is 10.6 Å². The van der Waals surface area contributed by atoms with Crippen LogP contribution in [0.4, 0.5) is 15.8 Å². The summed E-state index contributed by atoms with van der Waals surface area (Å²) in [6.07, 6.45) is 1.88. The molecule has 1 aromatic rings. The lowest BCUT2D eigenvalue weighted by atomic mass is 10.2. The van der Waals surface area contributed by atoms with Crippen molar-refractivity contribution in [3.63, 3.8) is 0 Å². The van der Waals surface area contributed by atoms with Crippen molar-refractivity contribution < 1.29 is 9.18 Å². The fourth-order valence-corrected chi connectivity index (χ4v) is 1.64. The third kappa shape index (κ3) is 3.19. The topological polar surface area (TPSA) is 41.1 Å². The highest BCUT2D eigenvalue weighted by atomic mass is 19.1. The summed E-state index contributed by atoms with van der Waals surface area (Å²) in [5.74, 6) is -0.238. The van der Waals surface area contributed by atoms with Crippen molar-refractivity contribution >= 4 is 17.3 Å². The van der Waals surface area contributed by atoms with Gasteiger partial charge in [-0.05, 0) is 44.9 Å². The van der Waals surface area contributed by atoms with E-state index < -0.39 is 0 Å². The van der Waals surface area contributed by atoms with Crippen molar-refractivity contribution in [2.24, 2.45) is 5.92 Å². The highest BCUT2D eigenvalue weighted by Gasteiger charge is 2.30. The smallest absolute Gasteiger partial charge is 0.227 e. The fraction of sp³-hybridized carbons (Fsp3) is 0.462. The Balaban J connectivity index is 2.16. The third-order valence-electron chi connectivity index (χ3n) is 2.63. The molecule has 0 unspecified atom stereocenters. The van der Waals surface area contributed by atoms with Crippen LogP contribution < -0.4 is 10.6 Å². The molecule has 2 rings (SSSR count). The van der Waals surface area contributed by atoms with Crippen molar-refractivity contribution in [3.05, 3.63) is 24.0 Å². The zero-order chi connectivity index (χ0) is 12.4. The maximum atomic E-state index is 13.2. The van der Waals surface area contributed by atoms with Crippen LogP contribution in [0.5, 0.6) is 0 Å². The molecule has 1 saturated carbocycles. The van der Waals surface area contributed by atoms with E-state index >= 15 is 0 Å². The summed E-state index contributed by atoms with van der Waals surface area (Å²) in [6.45, 7) is 3.99. The van der Waals surface area contributed by atoms with Crippen LogP contribution in [0.2, 0.25) is 0 Å². The number of carbonyl (C=O) groups is 1.